The summed E-state index contributed by atoms with van der Waals surface area (Å²) in [5.74, 6) is 0. The predicted octanol–water partition coefficient (Wildman–Crippen LogP) is 3.35. The highest BCUT2D eigenvalue weighted by atomic mass is 16.6. The van der Waals surface area contributed by atoms with E-state index in [4.69, 9.17) is 9.15 Å². The number of likely N-dealkylation sites (tertiary alicyclic amines) is 1. The standard InChI is InChI=1S/C13H19NO3/c1-13(2,3)17-12(15)14-7-4-5-11(14)10-6-8-16-9-10/h6,8-9,11H,4-5,7H2,1-3H3/t11-/m1/s1. The fraction of sp³-hybridized carbons (Fsp3) is 0.615. The molecule has 0 radical (unpaired) electrons. The van der Waals surface area contributed by atoms with Gasteiger partial charge in [-0.25, -0.2) is 4.79 Å². The quantitative estimate of drug-likeness (QED) is 0.752. The van der Waals surface area contributed by atoms with E-state index < -0.39 is 5.60 Å². The summed E-state index contributed by atoms with van der Waals surface area (Å²) in [4.78, 5) is 13.8. The summed E-state index contributed by atoms with van der Waals surface area (Å²) < 4.78 is 10.5. The molecule has 1 saturated heterocycles. The third kappa shape index (κ3) is 2.81. The average molecular weight is 237 g/mol. The minimum absolute atomic E-state index is 0.101. The maximum atomic E-state index is 12.0. The Balaban J connectivity index is 2.07. The third-order valence-electron chi connectivity index (χ3n) is 2.81. The Morgan fingerprint density at radius 3 is 2.88 bits per heavy atom. The summed E-state index contributed by atoms with van der Waals surface area (Å²) in [6.07, 6.45) is 5.09. The van der Waals surface area contributed by atoms with Gasteiger partial charge in [0.25, 0.3) is 0 Å². The summed E-state index contributed by atoms with van der Waals surface area (Å²) in [7, 11) is 0. The number of amides is 1. The molecule has 1 aliphatic rings. The summed E-state index contributed by atoms with van der Waals surface area (Å²) in [5, 5.41) is 0. The van der Waals surface area contributed by atoms with Crippen LogP contribution >= 0.6 is 0 Å². The lowest BCUT2D eigenvalue weighted by Crippen LogP contribution is -2.36. The predicted molar refractivity (Wildman–Crippen MR) is 63.6 cm³/mol. The number of hydrogen-bond acceptors (Lipinski definition) is 3. The molecular formula is C13H19NO3. The molecule has 1 atom stereocenters. The Kier molecular flexibility index (Phi) is 3.13. The molecule has 1 fully saturated rings. The van der Waals surface area contributed by atoms with Crippen LogP contribution in [0.1, 0.15) is 45.2 Å². The first-order chi connectivity index (χ1) is 7.97. The van der Waals surface area contributed by atoms with Crippen LogP contribution in [0.25, 0.3) is 0 Å². The second-order valence-corrected chi connectivity index (χ2v) is 5.39. The van der Waals surface area contributed by atoms with Crippen LogP contribution in [0.3, 0.4) is 0 Å². The number of hydrogen-bond donors (Lipinski definition) is 0. The SMILES string of the molecule is CC(C)(C)OC(=O)N1CCC[C@@H]1c1ccoc1. The summed E-state index contributed by atoms with van der Waals surface area (Å²) in [6.45, 7) is 6.40. The molecule has 4 heteroatoms. The van der Waals surface area contributed by atoms with Crippen LogP contribution in [-0.2, 0) is 4.74 Å². The fourth-order valence-corrected chi connectivity index (χ4v) is 2.12. The molecule has 1 aliphatic heterocycles. The zero-order valence-corrected chi connectivity index (χ0v) is 10.6. The molecule has 2 rings (SSSR count). The van der Waals surface area contributed by atoms with Gasteiger partial charge in [0.2, 0.25) is 0 Å². The largest absolute Gasteiger partial charge is 0.472 e. The van der Waals surface area contributed by atoms with Gasteiger partial charge in [0, 0.05) is 12.1 Å². The average Bonchev–Trinajstić information content (AvgIpc) is 2.85. The molecule has 4 nitrogen and oxygen atoms in total. The van der Waals surface area contributed by atoms with Gasteiger partial charge in [-0.2, -0.15) is 0 Å². The molecule has 0 aliphatic carbocycles. The van der Waals surface area contributed by atoms with Crippen molar-refractivity contribution in [1.29, 1.82) is 0 Å². The van der Waals surface area contributed by atoms with Crippen LogP contribution in [0.15, 0.2) is 23.0 Å². The van der Waals surface area contributed by atoms with Gasteiger partial charge >= 0.3 is 6.09 Å². The first kappa shape index (κ1) is 12.0. The topological polar surface area (TPSA) is 42.7 Å². The molecule has 1 aromatic rings. The molecule has 2 heterocycles. The van der Waals surface area contributed by atoms with Crippen molar-refractivity contribution in [3.05, 3.63) is 24.2 Å². The monoisotopic (exact) mass is 237 g/mol. The van der Waals surface area contributed by atoms with E-state index in [1.807, 2.05) is 26.8 Å². The lowest BCUT2D eigenvalue weighted by atomic mass is 10.1. The Hall–Kier alpha value is -1.45. The highest BCUT2D eigenvalue weighted by Crippen LogP contribution is 2.33. The molecule has 0 unspecified atom stereocenters. The summed E-state index contributed by atoms with van der Waals surface area (Å²) in [5.41, 5.74) is 0.606. The maximum absolute atomic E-state index is 12.0. The van der Waals surface area contributed by atoms with E-state index in [0.717, 1.165) is 24.9 Å². The lowest BCUT2D eigenvalue weighted by molar-refractivity contribution is 0.0224. The molecule has 0 saturated carbocycles. The van der Waals surface area contributed by atoms with Gasteiger partial charge in [-0.3, -0.25) is 0 Å². The van der Waals surface area contributed by atoms with Crippen molar-refractivity contribution in [1.82, 2.24) is 4.90 Å². The van der Waals surface area contributed by atoms with Crippen molar-refractivity contribution in [3.63, 3.8) is 0 Å². The number of nitrogens with zero attached hydrogens (tertiary/aromatic N) is 1. The highest BCUT2D eigenvalue weighted by molar-refractivity contribution is 5.69. The van der Waals surface area contributed by atoms with Gasteiger partial charge in [0.1, 0.15) is 5.60 Å². The van der Waals surface area contributed by atoms with Crippen molar-refractivity contribution in [2.45, 2.75) is 45.3 Å². The van der Waals surface area contributed by atoms with Crippen LogP contribution in [0.4, 0.5) is 4.79 Å². The molecule has 0 bridgehead atoms. The third-order valence-corrected chi connectivity index (χ3v) is 2.81. The molecule has 17 heavy (non-hydrogen) atoms. The van der Waals surface area contributed by atoms with E-state index >= 15 is 0 Å². The second kappa shape index (κ2) is 4.43. The van der Waals surface area contributed by atoms with Crippen molar-refractivity contribution in [2.75, 3.05) is 6.54 Å². The molecule has 1 aromatic heterocycles. The zero-order chi connectivity index (χ0) is 12.5. The normalized spacial score (nSPS) is 20.6. The molecular weight excluding hydrogens is 218 g/mol. The van der Waals surface area contributed by atoms with Crippen LogP contribution in [0.5, 0.6) is 0 Å². The van der Waals surface area contributed by atoms with Crippen LogP contribution < -0.4 is 0 Å². The van der Waals surface area contributed by atoms with Crippen molar-refractivity contribution >= 4 is 6.09 Å². The minimum atomic E-state index is -0.444. The van der Waals surface area contributed by atoms with E-state index in [1.54, 1.807) is 17.4 Å². The Morgan fingerprint density at radius 2 is 2.29 bits per heavy atom. The number of carbonyl (C=O) groups is 1. The van der Waals surface area contributed by atoms with Gasteiger partial charge in [-0.1, -0.05) is 0 Å². The van der Waals surface area contributed by atoms with E-state index in [0.29, 0.717) is 0 Å². The summed E-state index contributed by atoms with van der Waals surface area (Å²) >= 11 is 0. The van der Waals surface area contributed by atoms with E-state index in [9.17, 15) is 4.79 Å². The Morgan fingerprint density at radius 1 is 1.53 bits per heavy atom. The van der Waals surface area contributed by atoms with Crippen LogP contribution in [0.2, 0.25) is 0 Å². The van der Waals surface area contributed by atoms with Crippen molar-refractivity contribution in [3.8, 4) is 0 Å². The molecule has 1 amide bonds. The smallest absolute Gasteiger partial charge is 0.410 e. The summed E-state index contributed by atoms with van der Waals surface area (Å²) in [6, 6.07) is 2.01. The number of carbonyl (C=O) groups excluding carboxylic acids is 1. The Bertz CT molecular complexity index is 378. The van der Waals surface area contributed by atoms with Crippen molar-refractivity contribution in [2.24, 2.45) is 0 Å². The first-order valence-corrected chi connectivity index (χ1v) is 5.99. The minimum Gasteiger partial charge on any atom is -0.472 e. The second-order valence-electron chi connectivity index (χ2n) is 5.39. The van der Waals surface area contributed by atoms with Gasteiger partial charge in [-0.05, 0) is 39.7 Å². The van der Waals surface area contributed by atoms with Crippen molar-refractivity contribution < 1.29 is 13.9 Å². The molecule has 0 aromatic carbocycles. The Labute approximate surface area is 102 Å². The molecule has 0 N–H and O–H groups in total. The van der Waals surface area contributed by atoms with Gasteiger partial charge in [0.05, 0.1) is 18.6 Å². The molecule has 94 valence electrons. The lowest BCUT2D eigenvalue weighted by Gasteiger charge is -2.28. The van der Waals surface area contributed by atoms with E-state index in [-0.39, 0.29) is 12.1 Å². The van der Waals surface area contributed by atoms with Gasteiger partial charge in [0.15, 0.2) is 0 Å². The molecule has 0 spiro atoms. The van der Waals surface area contributed by atoms with Crippen LogP contribution in [0, 0.1) is 0 Å². The fourth-order valence-electron chi connectivity index (χ4n) is 2.12. The van der Waals surface area contributed by atoms with Gasteiger partial charge < -0.3 is 14.1 Å². The zero-order valence-electron chi connectivity index (χ0n) is 10.6. The van der Waals surface area contributed by atoms with Crippen LogP contribution in [-0.4, -0.2) is 23.1 Å². The number of rotatable bonds is 1. The van der Waals surface area contributed by atoms with Gasteiger partial charge in [-0.15, -0.1) is 0 Å². The maximum Gasteiger partial charge on any atom is 0.410 e. The first-order valence-electron chi connectivity index (χ1n) is 5.99. The highest BCUT2D eigenvalue weighted by Gasteiger charge is 2.33. The number of furan rings is 1. The van der Waals surface area contributed by atoms with E-state index in [1.165, 1.54) is 0 Å². The number of ether oxygens (including phenoxy) is 1. The van der Waals surface area contributed by atoms with E-state index in [2.05, 4.69) is 0 Å².